The average Bonchev–Trinajstić information content (AvgIpc) is 3.50. The Balaban J connectivity index is 1.89. The van der Waals surface area contributed by atoms with Crippen molar-refractivity contribution in [2.45, 2.75) is 193 Å². The Labute approximate surface area is 535 Å². The number of benzene rings is 1. The van der Waals surface area contributed by atoms with Crippen LogP contribution in [0.1, 0.15) is 144 Å². The van der Waals surface area contributed by atoms with Gasteiger partial charge in [0.25, 0.3) is 0 Å². The molecule has 0 aromatic heterocycles. The zero-order valence-electron chi connectivity index (χ0n) is 54.9. The summed E-state index contributed by atoms with van der Waals surface area (Å²) in [6, 6.07) is -1.23. The number of fused-ring (bicyclic) bond motifs is 7. The summed E-state index contributed by atoms with van der Waals surface area (Å²) >= 11 is 2.14. The molecule has 3 saturated heterocycles. The molecule has 3 fully saturated rings. The molecule has 0 unspecified atom stereocenters. The first kappa shape index (κ1) is 74.1. The number of likely N-dealkylation sites (tertiary alicyclic amines) is 1. The number of hydrogen-bond acceptors (Lipinski definition) is 12. The third-order valence-electron chi connectivity index (χ3n) is 17.6. The lowest BCUT2D eigenvalue weighted by Crippen LogP contribution is -2.63. The van der Waals surface area contributed by atoms with Crippen LogP contribution in [-0.2, 0) is 64.0 Å². The van der Waals surface area contributed by atoms with Crippen LogP contribution in [0.25, 0.3) is 0 Å². The first-order valence-corrected chi connectivity index (χ1v) is 32.3. The monoisotopic (exact) mass is 1340 g/mol. The number of likely N-dealkylation sites (N-methyl/N-ethyl adjacent to an activating group) is 7. The van der Waals surface area contributed by atoms with Gasteiger partial charge in [0.1, 0.15) is 47.8 Å². The Bertz CT molecular complexity index is 2670. The van der Waals surface area contributed by atoms with Crippen molar-refractivity contribution in [2.24, 2.45) is 17.8 Å². The molecule has 24 nitrogen and oxygen atoms in total. The van der Waals surface area contributed by atoms with Gasteiger partial charge in [0.15, 0.2) is 0 Å². The molecule has 0 spiro atoms. The van der Waals surface area contributed by atoms with Crippen LogP contribution in [0.4, 0.5) is 0 Å². The molecular weight excluding hydrogens is 1240 g/mol. The van der Waals surface area contributed by atoms with Gasteiger partial charge in [-0.05, 0) is 117 Å². The van der Waals surface area contributed by atoms with Gasteiger partial charge < -0.3 is 60.5 Å². The molecule has 492 valence electrons. The molecule has 4 rings (SSSR count). The quantitative estimate of drug-likeness (QED) is 0.260. The Hall–Kier alpha value is -6.41. The number of hydrogen-bond donors (Lipinski definition) is 4. The minimum absolute atomic E-state index is 0.00446. The van der Waals surface area contributed by atoms with Crippen molar-refractivity contribution in [2.75, 3.05) is 82.1 Å². The molecule has 1 aromatic carbocycles. The van der Waals surface area contributed by atoms with E-state index in [1.54, 1.807) is 24.0 Å². The summed E-state index contributed by atoms with van der Waals surface area (Å²) in [5.74, 6) is -8.41. The number of rotatable bonds is 9. The van der Waals surface area contributed by atoms with Crippen molar-refractivity contribution in [1.29, 1.82) is 0 Å². The third-order valence-corrected chi connectivity index (χ3v) is 18.2. The number of halogens is 1. The van der Waals surface area contributed by atoms with Gasteiger partial charge in [0.05, 0.1) is 26.1 Å². The number of nitrogens with zero attached hydrogens (tertiary/aromatic N) is 8. The molecule has 0 saturated carbocycles. The Morgan fingerprint density at radius 3 is 1.80 bits per heavy atom. The summed E-state index contributed by atoms with van der Waals surface area (Å²) in [6.07, 6.45) is 4.53. The topological polar surface area (TPSA) is 279 Å². The highest BCUT2D eigenvalue weighted by Crippen LogP contribution is 2.24. The molecule has 8 atom stereocenters. The van der Waals surface area contributed by atoms with E-state index < -0.39 is 151 Å². The summed E-state index contributed by atoms with van der Waals surface area (Å²) in [7, 11) is 9.93. The van der Waals surface area contributed by atoms with Gasteiger partial charge in [-0.15, -0.1) is 0 Å². The van der Waals surface area contributed by atoms with E-state index in [-0.39, 0.29) is 43.9 Å². The molecule has 12 amide bonds. The first-order chi connectivity index (χ1) is 41.2. The van der Waals surface area contributed by atoms with E-state index in [2.05, 4.69) is 43.9 Å². The zero-order chi connectivity index (χ0) is 66.1. The second kappa shape index (κ2) is 34.0. The maximum Gasteiger partial charge on any atom is 0.246 e. The molecule has 3 aliphatic rings. The first-order valence-electron chi connectivity index (χ1n) is 31.3. The summed E-state index contributed by atoms with van der Waals surface area (Å²) in [6.45, 7) is 13.4. The van der Waals surface area contributed by atoms with Crippen molar-refractivity contribution in [3.63, 3.8) is 0 Å². The molecule has 0 radical (unpaired) electrons. The third kappa shape index (κ3) is 20.6. The smallest absolute Gasteiger partial charge is 0.246 e. The molecule has 1 aromatic rings. The number of nitrogens with one attached hydrogen (secondary N) is 4. The van der Waals surface area contributed by atoms with E-state index in [0.29, 0.717) is 63.6 Å². The van der Waals surface area contributed by atoms with Gasteiger partial charge in [-0.1, -0.05) is 85.8 Å². The fourth-order valence-corrected chi connectivity index (χ4v) is 11.9. The van der Waals surface area contributed by atoms with E-state index in [9.17, 15) is 47.9 Å². The second-order valence-electron chi connectivity index (χ2n) is 25.9. The predicted molar refractivity (Wildman–Crippen MR) is 341 cm³/mol. The van der Waals surface area contributed by atoms with Crippen molar-refractivity contribution < 1.29 is 57.5 Å². The van der Waals surface area contributed by atoms with E-state index in [1.165, 1.54) is 87.7 Å². The Kier molecular flexibility index (Phi) is 28.6. The van der Waals surface area contributed by atoms with Crippen molar-refractivity contribution >= 4 is 93.5 Å². The van der Waals surface area contributed by atoms with Crippen molar-refractivity contribution in [3.8, 4) is 0 Å². The predicted octanol–water partition coefficient (Wildman–Crippen LogP) is 2.77. The van der Waals surface area contributed by atoms with Gasteiger partial charge in [-0.3, -0.25) is 57.5 Å². The standard InChI is InChI=1S/C63H101IN12O12/c1-16-41(6)54-61(87)71(11)37-52(79)69(9)38-53(80)72(12)47-28-21-18-17-20-27-44(66-55(81)45(34-42-25-24-26-43(64)33-42)65-50(77)36-70(10)59(47)85)58(84)75(15)63(7,8)62(88)67-46(31-39(2)3)57(83)74(14)49(60(86)76-29-22-19-23-30-76)35-51(78)73(13)48(32-40(4)5)56(82)68-54/h24-26,33,39-41,44-49,54H,16-23,27-32,34-38H2,1-15H3,(H,65,77)(H,66,81)(H,67,88)(H,68,82)/t41-,44-,45-,46-,47-,48-,49-,54-/m0/s1. The maximum atomic E-state index is 15.1. The van der Waals surface area contributed by atoms with Crippen LogP contribution in [0.3, 0.4) is 0 Å². The summed E-state index contributed by atoms with van der Waals surface area (Å²) in [5.41, 5.74) is -0.992. The van der Waals surface area contributed by atoms with Gasteiger partial charge >= 0.3 is 0 Å². The molecule has 4 N–H and O–H groups in total. The van der Waals surface area contributed by atoms with Crippen LogP contribution < -0.4 is 21.3 Å². The van der Waals surface area contributed by atoms with Crippen LogP contribution in [0.5, 0.6) is 0 Å². The van der Waals surface area contributed by atoms with E-state index in [0.717, 1.165) is 19.8 Å². The fraction of sp³-hybridized carbons (Fsp3) is 0.714. The maximum absolute atomic E-state index is 15.1. The Morgan fingerprint density at radius 2 is 1.19 bits per heavy atom. The Morgan fingerprint density at radius 1 is 0.602 bits per heavy atom. The van der Waals surface area contributed by atoms with E-state index in [4.69, 9.17) is 0 Å². The van der Waals surface area contributed by atoms with Gasteiger partial charge in [0, 0.05) is 72.4 Å². The zero-order valence-corrected chi connectivity index (χ0v) is 57.0. The minimum atomic E-state index is -1.68. The van der Waals surface area contributed by atoms with Crippen LogP contribution >= 0.6 is 22.6 Å². The molecule has 3 aliphatic heterocycles. The highest BCUT2D eigenvalue weighted by molar-refractivity contribution is 14.1. The molecular formula is C63H101IN12O12. The summed E-state index contributed by atoms with van der Waals surface area (Å²) in [5, 5.41) is 11.5. The summed E-state index contributed by atoms with van der Waals surface area (Å²) in [4.78, 5) is 185. The molecule has 25 heteroatoms. The van der Waals surface area contributed by atoms with Crippen LogP contribution in [0.2, 0.25) is 0 Å². The van der Waals surface area contributed by atoms with Gasteiger partial charge in [-0.25, -0.2) is 0 Å². The largest absolute Gasteiger partial charge is 0.343 e. The molecule has 0 aliphatic carbocycles. The number of amides is 12. The van der Waals surface area contributed by atoms with E-state index in [1.807, 2.05) is 46.8 Å². The van der Waals surface area contributed by atoms with Crippen molar-refractivity contribution in [3.05, 3.63) is 33.4 Å². The average molecular weight is 1350 g/mol. The minimum Gasteiger partial charge on any atom is -0.343 e. The fourth-order valence-electron chi connectivity index (χ4n) is 11.3. The highest BCUT2D eigenvalue weighted by Gasteiger charge is 2.44. The number of carbonyl (C=O) groups is 12. The lowest BCUT2D eigenvalue weighted by molar-refractivity contribution is -0.152. The van der Waals surface area contributed by atoms with Crippen LogP contribution in [-0.4, -0.2) is 240 Å². The molecule has 2 bridgehead atoms. The number of piperidine rings is 1. The van der Waals surface area contributed by atoms with Crippen molar-refractivity contribution in [1.82, 2.24) is 60.5 Å². The normalized spacial score (nSPS) is 25.8. The highest BCUT2D eigenvalue weighted by atomic mass is 127. The number of carbonyl (C=O) groups excluding carboxylic acids is 12. The second-order valence-corrected chi connectivity index (χ2v) is 27.1. The lowest BCUT2D eigenvalue weighted by Gasteiger charge is -2.39. The van der Waals surface area contributed by atoms with Crippen LogP contribution in [0.15, 0.2) is 24.3 Å². The SMILES string of the molecule is CC[C@H](C)[C@@H]1NC(=O)[C@H](CC(C)C)N(C)C(=O)C[C@@H](C(=O)N2CCCCC2)N(C)C(=O)[C@H](CC(C)C)NC(=O)C(C)(C)N(C)C(=O)[C@@H]2CCCCCC[C@@H](C(=O)N(C)CC(=O)N[C@@H](Cc3cccc(I)c3)C(=O)N2)N(C)C(=O)CN(C)C(=O)CN(C)C1=O. The molecule has 88 heavy (non-hydrogen) atoms. The van der Waals surface area contributed by atoms with Crippen LogP contribution in [0, 0.1) is 21.3 Å². The molecule has 3 heterocycles. The van der Waals surface area contributed by atoms with Gasteiger partial charge in [0.2, 0.25) is 70.9 Å². The van der Waals surface area contributed by atoms with Gasteiger partial charge in [-0.2, -0.15) is 0 Å². The lowest BCUT2D eigenvalue weighted by atomic mass is 9.95. The van der Waals surface area contributed by atoms with E-state index >= 15 is 9.59 Å². The summed E-state index contributed by atoms with van der Waals surface area (Å²) < 4.78 is 0.864.